The first-order chi connectivity index (χ1) is 12.6. The monoisotopic (exact) mass is 373 g/mol. The molecule has 0 unspecified atom stereocenters. The molecule has 140 valence electrons. The molecule has 5 nitrogen and oxygen atoms in total. The number of thioether (sulfide) groups is 1. The van der Waals surface area contributed by atoms with E-state index in [1.165, 1.54) is 19.3 Å². The van der Waals surface area contributed by atoms with Crippen molar-refractivity contribution >= 4 is 17.5 Å². The van der Waals surface area contributed by atoms with E-state index in [0.717, 1.165) is 34.5 Å². The van der Waals surface area contributed by atoms with Crippen molar-refractivity contribution in [3.63, 3.8) is 0 Å². The van der Waals surface area contributed by atoms with Gasteiger partial charge in [-0.25, -0.2) is 0 Å². The highest BCUT2D eigenvalue weighted by molar-refractivity contribution is 7.99. The van der Waals surface area contributed by atoms with Gasteiger partial charge in [0.25, 0.3) is 0 Å². The minimum absolute atomic E-state index is 0.213. The molecular weight excluding hydrogens is 346 g/mol. The van der Waals surface area contributed by atoms with Gasteiger partial charge in [0.2, 0.25) is 0 Å². The van der Waals surface area contributed by atoms with Gasteiger partial charge in [-0.3, -0.25) is 9.36 Å². The number of ketones is 1. The molecular formula is C20H27N3O2S. The highest BCUT2D eigenvalue weighted by atomic mass is 32.2. The number of nitrogens with zero attached hydrogens (tertiary/aromatic N) is 3. The Morgan fingerprint density at radius 3 is 2.62 bits per heavy atom. The second-order valence-corrected chi connectivity index (χ2v) is 8.10. The molecule has 0 spiro atoms. The number of benzene rings is 1. The average Bonchev–Trinajstić information content (AvgIpc) is 3.05. The molecule has 2 atom stereocenters. The summed E-state index contributed by atoms with van der Waals surface area (Å²) in [4.78, 5) is 11.3. The summed E-state index contributed by atoms with van der Waals surface area (Å²) in [6.45, 7) is 3.96. The van der Waals surface area contributed by atoms with E-state index >= 15 is 0 Å². The molecule has 0 N–H and O–H groups in total. The van der Waals surface area contributed by atoms with Crippen LogP contribution in [0.4, 0.5) is 0 Å². The molecule has 1 aromatic heterocycles. The predicted octanol–water partition coefficient (Wildman–Crippen LogP) is 4.78. The van der Waals surface area contributed by atoms with Gasteiger partial charge >= 0.3 is 0 Å². The predicted molar refractivity (Wildman–Crippen MR) is 105 cm³/mol. The van der Waals surface area contributed by atoms with E-state index in [0.29, 0.717) is 18.4 Å². The average molecular weight is 374 g/mol. The molecule has 0 radical (unpaired) electrons. The maximum absolute atomic E-state index is 11.3. The Bertz CT molecular complexity index is 742. The molecule has 1 saturated carbocycles. The smallest absolute Gasteiger partial charge is 0.191 e. The minimum Gasteiger partial charge on any atom is -0.497 e. The summed E-state index contributed by atoms with van der Waals surface area (Å²) < 4.78 is 7.59. The van der Waals surface area contributed by atoms with Crippen LogP contribution in [0.5, 0.6) is 5.75 Å². The van der Waals surface area contributed by atoms with E-state index in [9.17, 15) is 4.79 Å². The van der Waals surface area contributed by atoms with Crippen LogP contribution in [0, 0.1) is 5.92 Å². The number of aromatic nitrogens is 3. The van der Waals surface area contributed by atoms with Gasteiger partial charge in [-0.2, -0.15) is 0 Å². The SMILES string of the molecule is COc1ccc(-c2nnc(SCCC(C)=O)n2[C@@H]2CCCC[C@@H]2C)cc1. The Morgan fingerprint density at radius 1 is 1.23 bits per heavy atom. The molecule has 2 aromatic rings. The Hall–Kier alpha value is -1.82. The Kier molecular flexibility index (Phi) is 6.35. The van der Waals surface area contributed by atoms with Crippen molar-refractivity contribution in [2.75, 3.05) is 12.9 Å². The quantitative estimate of drug-likeness (QED) is 0.654. The van der Waals surface area contributed by atoms with Crippen LogP contribution in [-0.4, -0.2) is 33.4 Å². The van der Waals surface area contributed by atoms with Gasteiger partial charge < -0.3 is 4.74 Å². The van der Waals surface area contributed by atoms with Crippen LogP contribution in [0.2, 0.25) is 0 Å². The van der Waals surface area contributed by atoms with E-state index in [2.05, 4.69) is 21.7 Å². The fraction of sp³-hybridized carbons (Fsp3) is 0.550. The van der Waals surface area contributed by atoms with Gasteiger partial charge in [0.15, 0.2) is 11.0 Å². The highest BCUT2D eigenvalue weighted by Crippen LogP contribution is 2.39. The third-order valence-electron chi connectivity index (χ3n) is 5.10. The van der Waals surface area contributed by atoms with Gasteiger partial charge in [-0.05, 0) is 49.9 Å². The van der Waals surface area contributed by atoms with E-state index < -0.39 is 0 Å². The Labute approximate surface area is 159 Å². The van der Waals surface area contributed by atoms with Crippen molar-refractivity contribution in [3.05, 3.63) is 24.3 Å². The molecule has 26 heavy (non-hydrogen) atoms. The maximum atomic E-state index is 11.3. The molecule has 0 aliphatic heterocycles. The number of Topliss-reactive ketones (excluding diaryl/α,β-unsaturated/α-hetero) is 1. The molecule has 6 heteroatoms. The fourth-order valence-electron chi connectivity index (χ4n) is 3.58. The molecule has 0 amide bonds. The van der Waals surface area contributed by atoms with Crippen molar-refractivity contribution in [2.24, 2.45) is 5.92 Å². The zero-order chi connectivity index (χ0) is 18.5. The molecule has 1 aromatic carbocycles. The number of ether oxygens (including phenoxy) is 1. The van der Waals surface area contributed by atoms with Gasteiger partial charge in [0.1, 0.15) is 11.5 Å². The van der Waals surface area contributed by atoms with Gasteiger partial charge in [-0.1, -0.05) is 31.5 Å². The molecule has 1 fully saturated rings. The Balaban J connectivity index is 1.94. The summed E-state index contributed by atoms with van der Waals surface area (Å²) in [6, 6.07) is 8.41. The number of hydrogen-bond donors (Lipinski definition) is 0. The number of carbonyl (C=O) groups is 1. The van der Waals surface area contributed by atoms with Crippen molar-refractivity contribution < 1.29 is 9.53 Å². The first kappa shape index (κ1) is 19.0. The summed E-state index contributed by atoms with van der Waals surface area (Å²) >= 11 is 1.64. The number of carbonyl (C=O) groups excluding carboxylic acids is 1. The summed E-state index contributed by atoms with van der Waals surface area (Å²) in [5.41, 5.74) is 1.05. The van der Waals surface area contributed by atoms with Gasteiger partial charge in [0.05, 0.1) is 7.11 Å². The lowest BCUT2D eigenvalue weighted by atomic mass is 9.85. The second kappa shape index (κ2) is 8.71. The molecule has 0 saturated heterocycles. The van der Waals surface area contributed by atoms with Crippen LogP contribution in [0.3, 0.4) is 0 Å². The van der Waals surface area contributed by atoms with Crippen molar-refractivity contribution in [2.45, 2.75) is 57.1 Å². The van der Waals surface area contributed by atoms with Crippen molar-refractivity contribution in [1.29, 1.82) is 0 Å². The van der Waals surface area contributed by atoms with Crippen LogP contribution in [-0.2, 0) is 4.79 Å². The minimum atomic E-state index is 0.213. The topological polar surface area (TPSA) is 57.0 Å². The lowest BCUT2D eigenvalue weighted by molar-refractivity contribution is -0.116. The van der Waals surface area contributed by atoms with Crippen molar-refractivity contribution in [3.8, 4) is 17.1 Å². The summed E-state index contributed by atoms with van der Waals surface area (Å²) in [6.07, 6.45) is 5.50. The van der Waals surface area contributed by atoms with Gasteiger partial charge in [0, 0.05) is 23.8 Å². The molecule has 1 heterocycles. The van der Waals surface area contributed by atoms with E-state index in [1.54, 1.807) is 25.8 Å². The highest BCUT2D eigenvalue weighted by Gasteiger charge is 2.28. The second-order valence-electron chi connectivity index (χ2n) is 7.03. The fourth-order valence-corrected chi connectivity index (χ4v) is 4.61. The molecule has 1 aliphatic carbocycles. The molecule has 1 aliphatic rings. The number of rotatable bonds is 7. The Morgan fingerprint density at radius 2 is 1.96 bits per heavy atom. The zero-order valence-electron chi connectivity index (χ0n) is 15.8. The van der Waals surface area contributed by atoms with Gasteiger partial charge in [-0.15, -0.1) is 10.2 Å². The van der Waals surface area contributed by atoms with E-state index in [4.69, 9.17) is 4.74 Å². The standard InChI is InChI=1S/C20H27N3O2S/c1-14-6-4-5-7-18(14)23-19(16-8-10-17(25-3)11-9-16)21-22-20(23)26-13-12-15(2)24/h8-11,14,18H,4-7,12-13H2,1-3H3/t14-,18+/m0/s1. The zero-order valence-corrected chi connectivity index (χ0v) is 16.6. The third-order valence-corrected chi connectivity index (χ3v) is 6.04. The lowest BCUT2D eigenvalue weighted by Gasteiger charge is -2.31. The van der Waals surface area contributed by atoms with Crippen molar-refractivity contribution in [1.82, 2.24) is 14.8 Å². The summed E-state index contributed by atoms with van der Waals surface area (Å²) in [5.74, 6) is 3.31. The maximum Gasteiger partial charge on any atom is 0.191 e. The largest absolute Gasteiger partial charge is 0.497 e. The van der Waals surface area contributed by atoms with Crippen LogP contribution < -0.4 is 4.74 Å². The van der Waals surface area contributed by atoms with Crippen LogP contribution in [0.15, 0.2) is 29.4 Å². The third kappa shape index (κ3) is 4.29. The van der Waals surface area contributed by atoms with Crippen LogP contribution >= 0.6 is 11.8 Å². The first-order valence-electron chi connectivity index (χ1n) is 9.31. The number of methoxy groups -OCH3 is 1. The van der Waals surface area contributed by atoms with E-state index in [-0.39, 0.29) is 5.78 Å². The molecule has 3 rings (SSSR count). The lowest BCUT2D eigenvalue weighted by Crippen LogP contribution is -2.22. The van der Waals surface area contributed by atoms with E-state index in [1.807, 2.05) is 24.3 Å². The number of hydrogen-bond acceptors (Lipinski definition) is 5. The van der Waals surface area contributed by atoms with Crippen LogP contribution in [0.1, 0.15) is 52.0 Å². The summed E-state index contributed by atoms with van der Waals surface area (Å²) in [5, 5.41) is 9.92. The summed E-state index contributed by atoms with van der Waals surface area (Å²) in [7, 11) is 1.67. The molecule has 0 bridgehead atoms. The normalized spacial score (nSPS) is 20.1. The first-order valence-corrected chi connectivity index (χ1v) is 10.3. The van der Waals surface area contributed by atoms with Crippen LogP contribution in [0.25, 0.3) is 11.4 Å².